The first-order valence-electron chi connectivity index (χ1n) is 6.42. The average Bonchev–Trinajstić information content (AvgIpc) is 2.81. The summed E-state index contributed by atoms with van der Waals surface area (Å²) in [4.78, 5) is 14.8. The number of thiophene rings is 1. The van der Waals surface area contributed by atoms with Crippen molar-refractivity contribution in [1.29, 1.82) is 0 Å². The van der Waals surface area contributed by atoms with Crippen LogP contribution in [0.5, 0.6) is 0 Å². The zero-order chi connectivity index (χ0) is 13.7. The van der Waals surface area contributed by atoms with E-state index >= 15 is 0 Å². The summed E-state index contributed by atoms with van der Waals surface area (Å²) in [5.74, 6) is 2.28. The number of amides is 1. The molecular weight excluding hydrogens is 296 g/mol. The molecule has 1 aliphatic rings. The maximum Gasteiger partial charge on any atom is 0.261 e. The van der Waals surface area contributed by atoms with Crippen molar-refractivity contribution in [3.05, 3.63) is 21.4 Å². The normalized spacial score (nSPS) is 13.9. The molecule has 19 heavy (non-hydrogen) atoms. The van der Waals surface area contributed by atoms with Gasteiger partial charge in [0.15, 0.2) is 0 Å². The van der Waals surface area contributed by atoms with E-state index < -0.39 is 0 Å². The highest BCUT2D eigenvalue weighted by Gasteiger charge is 2.16. The zero-order valence-electron chi connectivity index (χ0n) is 10.7. The number of thioether (sulfide) groups is 1. The van der Waals surface area contributed by atoms with Crippen LogP contribution in [-0.2, 0) is 12.2 Å². The molecule has 0 radical (unpaired) electrons. The van der Waals surface area contributed by atoms with Crippen LogP contribution in [0, 0.1) is 0 Å². The molecule has 0 aromatic carbocycles. The molecule has 3 nitrogen and oxygen atoms in total. The first-order chi connectivity index (χ1) is 9.16. The Hall–Kier alpha value is -0.590. The molecule has 0 saturated carbocycles. The van der Waals surface area contributed by atoms with E-state index in [2.05, 4.69) is 11.4 Å². The maximum atomic E-state index is 12.0. The fourth-order valence-electron chi connectivity index (χ4n) is 1.97. The van der Waals surface area contributed by atoms with Gasteiger partial charge in [-0.25, -0.2) is 0 Å². The number of carbonyl (C=O) groups is 1. The number of nitrogens with one attached hydrogen (secondary N) is 1. The number of hydrogen-bond acceptors (Lipinski definition) is 4. The predicted molar refractivity (Wildman–Crippen MR) is 87.2 cm³/mol. The fraction of sp³-hybridized carbons (Fsp3) is 0.538. The highest BCUT2D eigenvalue weighted by atomic mass is 32.2. The van der Waals surface area contributed by atoms with Crippen molar-refractivity contribution in [2.24, 2.45) is 5.73 Å². The highest BCUT2D eigenvalue weighted by Crippen LogP contribution is 2.31. The molecule has 0 spiro atoms. The Bertz CT molecular complexity index is 447. The Labute approximate surface area is 127 Å². The highest BCUT2D eigenvalue weighted by molar-refractivity contribution is 7.98. The van der Waals surface area contributed by atoms with E-state index in [4.69, 9.17) is 18.0 Å². The SMILES string of the molecule is NC(=S)CCCCNC(=O)c1cc2c(s1)CCSC2. The van der Waals surface area contributed by atoms with Crippen LogP contribution in [0.1, 0.15) is 39.4 Å². The summed E-state index contributed by atoms with van der Waals surface area (Å²) in [5.41, 5.74) is 6.77. The summed E-state index contributed by atoms with van der Waals surface area (Å²) < 4.78 is 0. The van der Waals surface area contributed by atoms with Crippen LogP contribution >= 0.6 is 35.3 Å². The second-order valence-corrected chi connectivity index (χ2v) is 7.31. The molecule has 0 saturated heterocycles. The minimum atomic E-state index is 0.0553. The number of unbranched alkanes of at least 4 members (excludes halogenated alkanes) is 1. The molecule has 1 aromatic rings. The van der Waals surface area contributed by atoms with E-state index in [0.29, 0.717) is 11.5 Å². The fourth-order valence-corrected chi connectivity index (χ4v) is 4.41. The van der Waals surface area contributed by atoms with Gasteiger partial charge in [0.05, 0.1) is 9.87 Å². The van der Waals surface area contributed by atoms with Gasteiger partial charge in [-0.05, 0) is 43.1 Å². The van der Waals surface area contributed by atoms with E-state index in [1.807, 2.05) is 11.8 Å². The number of rotatable bonds is 6. The molecule has 2 rings (SSSR count). The van der Waals surface area contributed by atoms with Crippen LogP contribution in [0.15, 0.2) is 6.07 Å². The van der Waals surface area contributed by atoms with Crippen LogP contribution in [-0.4, -0.2) is 23.2 Å². The molecule has 1 aromatic heterocycles. The second kappa shape index (κ2) is 7.26. The molecule has 1 amide bonds. The van der Waals surface area contributed by atoms with Crippen molar-refractivity contribution in [2.75, 3.05) is 12.3 Å². The zero-order valence-corrected chi connectivity index (χ0v) is 13.2. The lowest BCUT2D eigenvalue weighted by molar-refractivity contribution is 0.0957. The van der Waals surface area contributed by atoms with E-state index in [1.54, 1.807) is 11.3 Å². The number of thiocarbonyl (C=S) groups is 1. The van der Waals surface area contributed by atoms with E-state index in [0.717, 1.165) is 36.3 Å². The minimum Gasteiger partial charge on any atom is -0.393 e. The second-order valence-electron chi connectivity index (χ2n) is 4.54. The van der Waals surface area contributed by atoms with Gasteiger partial charge in [0.2, 0.25) is 0 Å². The van der Waals surface area contributed by atoms with E-state index in [-0.39, 0.29) is 5.91 Å². The third kappa shape index (κ3) is 4.47. The number of nitrogens with two attached hydrogens (primary N) is 1. The quantitative estimate of drug-likeness (QED) is 0.626. The first-order valence-corrected chi connectivity index (χ1v) is 8.80. The molecule has 0 unspecified atom stereocenters. The third-order valence-electron chi connectivity index (χ3n) is 2.99. The van der Waals surface area contributed by atoms with E-state index in [9.17, 15) is 4.79 Å². The van der Waals surface area contributed by atoms with Gasteiger partial charge in [0.25, 0.3) is 5.91 Å². The number of hydrogen-bond donors (Lipinski definition) is 2. The smallest absolute Gasteiger partial charge is 0.261 e. The standard InChI is InChI=1S/C13H18N2OS3/c14-12(17)3-1-2-5-15-13(16)11-7-9-8-18-6-4-10(9)19-11/h7H,1-6,8H2,(H2,14,17)(H,15,16). The lowest BCUT2D eigenvalue weighted by Crippen LogP contribution is -2.23. The lowest BCUT2D eigenvalue weighted by Gasteiger charge is -2.08. The topological polar surface area (TPSA) is 55.1 Å². The van der Waals surface area contributed by atoms with Crippen LogP contribution in [0.25, 0.3) is 0 Å². The summed E-state index contributed by atoms with van der Waals surface area (Å²) in [5, 5.41) is 2.96. The Morgan fingerprint density at radius 1 is 1.47 bits per heavy atom. The van der Waals surface area contributed by atoms with Crippen molar-refractivity contribution in [1.82, 2.24) is 5.32 Å². The summed E-state index contributed by atoms with van der Waals surface area (Å²) in [6.45, 7) is 0.693. The average molecular weight is 315 g/mol. The lowest BCUT2D eigenvalue weighted by atomic mass is 10.2. The van der Waals surface area contributed by atoms with Crippen LogP contribution in [0.3, 0.4) is 0 Å². The van der Waals surface area contributed by atoms with Crippen molar-refractivity contribution >= 4 is 46.2 Å². The third-order valence-corrected chi connectivity index (χ3v) is 5.43. The first kappa shape index (κ1) is 14.8. The van der Waals surface area contributed by atoms with Gasteiger partial charge in [-0.15, -0.1) is 11.3 Å². The van der Waals surface area contributed by atoms with Gasteiger partial charge < -0.3 is 11.1 Å². The Morgan fingerprint density at radius 2 is 2.32 bits per heavy atom. The van der Waals surface area contributed by atoms with Gasteiger partial charge >= 0.3 is 0 Å². The monoisotopic (exact) mass is 314 g/mol. The van der Waals surface area contributed by atoms with Crippen molar-refractivity contribution in [2.45, 2.75) is 31.4 Å². The predicted octanol–water partition coefficient (Wildman–Crippen LogP) is 2.72. The molecule has 0 fully saturated rings. The number of aryl methyl sites for hydroxylation is 1. The molecule has 6 heteroatoms. The largest absolute Gasteiger partial charge is 0.393 e. The molecule has 0 atom stereocenters. The maximum absolute atomic E-state index is 12.0. The van der Waals surface area contributed by atoms with Gasteiger partial charge in [-0.3, -0.25) is 4.79 Å². The molecular formula is C13H18N2OS3. The molecule has 0 aliphatic carbocycles. The molecule has 104 valence electrons. The van der Waals surface area contributed by atoms with Gasteiger partial charge in [0, 0.05) is 17.2 Å². The summed E-state index contributed by atoms with van der Waals surface area (Å²) in [6, 6.07) is 2.05. The van der Waals surface area contributed by atoms with Crippen LogP contribution in [0.4, 0.5) is 0 Å². The van der Waals surface area contributed by atoms with Gasteiger partial charge in [-0.1, -0.05) is 12.2 Å². The summed E-state index contributed by atoms with van der Waals surface area (Å²) in [6.07, 6.45) is 3.72. The van der Waals surface area contributed by atoms with E-state index in [1.165, 1.54) is 16.2 Å². The van der Waals surface area contributed by atoms with Crippen molar-refractivity contribution in [3.8, 4) is 0 Å². The molecule has 2 heterocycles. The Morgan fingerprint density at radius 3 is 3.05 bits per heavy atom. The van der Waals surface area contributed by atoms with Crippen molar-refractivity contribution < 1.29 is 4.79 Å². The summed E-state index contributed by atoms with van der Waals surface area (Å²) >= 11 is 8.40. The van der Waals surface area contributed by atoms with Crippen LogP contribution in [0.2, 0.25) is 0 Å². The Kier molecular flexibility index (Phi) is 5.66. The summed E-state index contributed by atoms with van der Waals surface area (Å²) in [7, 11) is 0. The number of carbonyl (C=O) groups excluding carboxylic acids is 1. The molecule has 3 N–H and O–H groups in total. The van der Waals surface area contributed by atoms with Gasteiger partial charge in [0.1, 0.15) is 0 Å². The molecule has 0 bridgehead atoms. The van der Waals surface area contributed by atoms with Crippen LogP contribution < -0.4 is 11.1 Å². The van der Waals surface area contributed by atoms with Crippen molar-refractivity contribution in [3.63, 3.8) is 0 Å². The van der Waals surface area contributed by atoms with Gasteiger partial charge in [-0.2, -0.15) is 11.8 Å². The number of fused-ring (bicyclic) bond motifs is 1. The molecule has 1 aliphatic heterocycles. The Balaban J connectivity index is 1.77. The minimum absolute atomic E-state index is 0.0553.